The number of ether oxygens (including phenoxy) is 2. The molecule has 0 aliphatic carbocycles. The molecule has 4 rings (SSSR count). The third-order valence-corrected chi connectivity index (χ3v) is 4.34. The van der Waals surface area contributed by atoms with Crippen LogP contribution in [0, 0.1) is 0 Å². The van der Waals surface area contributed by atoms with Gasteiger partial charge in [0.2, 0.25) is 12.7 Å². The molecule has 25 heavy (non-hydrogen) atoms. The fourth-order valence-electron chi connectivity index (χ4n) is 3.04. The van der Waals surface area contributed by atoms with Crippen LogP contribution in [0.5, 0.6) is 11.5 Å². The Morgan fingerprint density at radius 1 is 1.16 bits per heavy atom. The van der Waals surface area contributed by atoms with Gasteiger partial charge in [-0.15, -0.1) is 0 Å². The summed E-state index contributed by atoms with van der Waals surface area (Å²) < 4.78 is 10.7. The molecule has 1 aliphatic rings. The van der Waals surface area contributed by atoms with Gasteiger partial charge in [0.15, 0.2) is 11.5 Å². The first-order valence-electron chi connectivity index (χ1n) is 8.22. The van der Waals surface area contributed by atoms with E-state index in [1.54, 1.807) is 6.20 Å². The van der Waals surface area contributed by atoms with Gasteiger partial charge in [0.05, 0.1) is 18.0 Å². The molecule has 5 nitrogen and oxygen atoms in total. The highest BCUT2D eigenvalue weighted by Crippen LogP contribution is 2.34. The topological polar surface area (TPSA) is 60.5 Å². The Balaban J connectivity index is 1.48. The molecule has 0 fully saturated rings. The molecular formula is C20H18N2O3. The quantitative estimate of drug-likeness (QED) is 0.794. The monoisotopic (exact) mass is 334 g/mol. The zero-order valence-corrected chi connectivity index (χ0v) is 13.9. The standard InChI is InChI=1S/C20H18N2O3/c1-13(15-7-8-17-18(10-15)25-12-24-17)22-19(23)11-16-5-2-4-14-6-3-9-21-20(14)16/h2-10,13H,11-12H2,1H3,(H,22,23). The van der Waals surface area contributed by atoms with E-state index in [1.165, 1.54) is 0 Å². The molecule has 126 valence electrons. The van der Waals surface area contributed by atoms with E-state index in [9.17, 15) is 4.79 Å². The maximum atomic E-state index is 12.5. The second-order valence-corrected chi connectivity index (χ2v) is 6.07. The molecule has 1 amide bonds. The van der Waals surface area contributed by atoms with Crippen LogP contribution < -0.4 is 14.8 Å². The van der Waals surface area contributed by atoms with E-state index in [1.807, 2.05) is 55.5 Å². The predicted octanol–water partition coefficient (Wildman–Crippen LogP) is 3.38. The maximum Gasteiger partial charge on any atom is 0.231 e. The van der Waals surface area contributed by atoms with Gasteiger partial charge in [-0.3, -0.25) is 9.78 Å². The summed E-state index contributed by atoms with van der Waals surface area (Å²) in [5.41, 5.74) is 2.78. The van der Waals surface area contributed by atoms with Gasteiger partial charge < -0.3 is 14.8 Å². The molecular weight excluding hydrogens is 316 g/mol. The number of amides is 1. The zero-order valence-electron chi connectivity index (χ0n) is 13.9. The first kappa shape index (κ1) is 15.4. The highest BCUT2D eigenvalue weighted by molar-refractivity contribution is 5.87. The average molecular weight is 334 g/mol. The highest BCUT2D eigenvalue weighted by Gasteiger charge is 2.17. The number of nitrogens with one attached hydrogen (secondary N) is 1. The van der Waals surface area contributed by atoms with Crippen molar-refractivity contribution in [2.45, 2.75) is 19.4 Å². The summed E-state index contributed by atoms with van der Waals surface area (Å²) in [4.78, 5) is 16.9. The van der Waals surface area contributed by atoms with Crippen LogP contribution in [0.4, 0.5) is 0 Å². The molecule has 5 heteroatoms. The van der Waals surface area contributed by atoms with Gasteiger partial charge in [0.25, 0.3) is 0 Å². The Hall–Kier alpha value is -3.08. The molecule has 0 radical (unpaired) electrons. The van der Waals surface area contributed by atoms with Gasteiger partial charge in [-0.2, -0.15) is 0 Å². The molecule has 1 aliphatic heterocycles. The van der Waals surface area contributed by atoms with E-state index >= 15 is 0 Å². The molecule has 1 unspecified atom stereocenters. The fraction of sp³-hybridized carbons (Fsp3) is 0.200. The molecule has 2 aromatic carbocycles. The van der Waals surface area contributed by atoms with Crippen molar-refractivity contribution < 1.29 is 14.3 Å². The van der Waals surface area contributed by atoms with E-state index in [0.717, 1.165) is 33.5 Å². The molecule has 2 heterocycles. The van der Waals surface area contributed by atoms with E-state index in [-0.39, 0.29) is 18.7 Å². The Morgan fingerprint density at radius 3 is 2.92 bits per heavy atom. The lowest BCUT2D eigenvalue weighted by atomic mass is 10.0. The fourth-order valence-corrected chi connectivity index (χ4v) is 3.04. The number of hydrogen-bond acceptors (Lipinski definition) is 4. The molecule has 0 bridgehead atoms. The van der Waals surface area contributed by atoms with Crippen LogP contribution in [0.15, 0.2) is 54.7 Å². The van der Waals surface area contributed by atoms with Gasteiger partial charge in [0.1, 0.15) is 0 Å². The van der Waals surface area contributed by atoms with E-state index < -0.39 is 0 Å². The lowest BCUT2D eigenvalue weighted by Crippen LogP contribution is -2.28. The van der Waals surface area contributed by atoms with Crippen molar-refractivity contribution in [2.24, 2.45) is 0 Å². The summed E-state index contributed by atoms with van der Waals surface area (Å²) in [6, 6.07) is 15.4. The molecule has 1 atom stereocenters. The maximum absolute atomic E-state index is 12.5. The number of para-hydroxylation sites is 1. The number of fused-ring (bicyclic) bond motifs is 2. The minimum absolute atomic E-state index is 0.0386. The van der Waals surface area contributed by atoms with Crippen LogP contribution in [-0.2, 0) is 11.2 Å². The van der Waals surface area contributed by atoms with Crippen LogP contribution in [0.3, 0.4) is 0 Å². The molecule has 0 spiro atoms. The van der Waals surface area contributed by atoms with E-state index in [2.05, 4.69) is 10.3 Å². The lowest BCUT2D eigenvalue weighted by molar-refractivity contribution is -0.121. The predicted molar refractivity (Wildman–Crippen MR) is 94.6 cm³/mol. The van der Waals surface area contributed by atoms with Gasteiger partial charge in [0, 0.05) is 11.6 Å². The van der Waals surface area contributed by atoms with Crippen molar-refractivity contribution in [3.63, 3.8) is 0 Å². The number of rotatable bonds is 4. The van der Waals surface area contributed by atoms with Gasteiger partial charge in [-0.1, -0.05) is 30.3 Å². The molecule has 1 aromatic heterocycles. The highest BCUT2D eigenvalue weighted by atomic mass is 16.7. The van der Waals surface area contributed by atoms with Crippen LogP contribution >= 0.6 is 0 Å². The van der Waals surface area contributed by atoms with Gasteiger partial charge >= 0.3 is 0 Å². The number of nitrogens with zero attached hydrogens (tertiary/aromatic N) is 1. The molecule has 0 saturated carbocycles. The minimum atomic E-state index is -0.120. The third-order valence-electron chi connectivity index (χ3n) is 4.34. The number of carbonyl (C=O) groups excluding carboxylic acids is 1. The number of carbonyl (C=O) groups is 1. The summed E-state index contributed by atoms with van der Waals surface area (Å²) in [7, 11) is 0. The Labute approximate surface area is 145 Å². The number of benzene rings is 2. The zero-order chi connectivity index (χ0) is 17.2. The smallest absolute Gasteiger partial charge is 0.231 e. The second kappa shape index (κ2) is 6.43. The van der Waals surface area contributed by atoms with Crippen molar-refractivity contribution in [1.29, 1.82) is 0 Å². The molecule has 0 saturated heterocycles. The van der Waals surface area contributed by atoms with E-state index in [4.69, 9.17) is 9.47 Å². The van der Waals surface area contributed by atoms with Crippen molar-refractivity contribution in [2.75, 3.05) is 6.79 Å². The summed E-state index contributed by atoms with van der Waals surface area (Å²) in [5, 5.41) is 4.08. The lowest BCUT2D eigenvalue weighted by Gasteiger charge is -2.15. The van der Waals surface area contributed by atoms with Crippen molar-refractivity contribution in [3.05, 3.63) is 65.9 Å². The normalized spacial score (nSPS) is 13.6. The number of aromatic nitrogens is 1. The van der Waals surface area contributed by atoms with Gasteiger partial charge in [-0.05, 0) is 36.2 Å². The average Bonchev–Trinajstić information content (AvgIpc) is 3.09. The van der Waals surface area contributed by atoms with Crippen LogP contribution in [0.2, 0.25) is 0 Å². The third kappa shape index (κ3) is 3.13. The summed E-state index contributed by atoms with van der Waals surface area (Å²) in [6.07, 6.45) is 2.04. The number of hydrogen-bond donors (Lipinski definition) is 1. The molecule has 3 aromatic rings. The summed E-state index contributed by atoms with van der Waals surface area (Å²) in [6.45, 7) is 2.20. The van der Waals surface area contributed by atoms with Crippen molar-refractivity contribution in [1.82, 2.24) is 10.3 Å². The summed E-state index contributed by atoms with van der Waals surface area (Å²) >= 11 is 0. The van der Waals surface area contributed by atoms with Crippen LogP contribution in [0.25, 0.3) is 10.9 Å². The Morgan fingerprint density at radius 2 is 2.00 bits per heavy atom. The SMILES string of the molecule is CC(NC(=O)Cc1cccc2cccnc12)c1ccc2c(c1)OCO2. The summed E-state index contributed by atoms with van der Waals surface area (Å²) in [5.74, 6) is 1.42. The number of pyridine rings is 1. The Bertz CT molecular complexity index is 934. The first-order valence-corrected chi connectivity index (χ1v) is 8.22. The van der Waals surface area contributed by atoms with Crippen molar-refractivity contribution in [3.8, 4) is 11.5 Å². The largest absolute Gasteiger partial charge is 0.454 e. The second-order valence-electron chi connectivity index (χ2n) is 6.07. The van der Waals surface area contributed by atoms with E-state index in [0.29, 0.717) is 6.42 Å². The van der Waals surface area contributed by atoms with Crippen LogP contribution in [0.1, 0.15) is 24.1 Å². The first-order chi connectivity index (χ1) is 12.2. The Kier molecular flexibility index (Phi) is 3.98. The van der Waals surface area contributed by atoms with Crippen LogP contribution in [-0.4, -0.2) is 17.7 Å². The van der Waals surface area contributed by atoms with Crippen molar-refractivity contribution >= 4 is 16.8 Å². The van der Waals surface area contributed by atoms with Gasteiger partial charge in [-0.25, -0.2) is 0 Å². The molecule has 1 N–H and O–H groups in total. The minimum Gasteiger partial charge on any atom is -0.454 e.